The lowest BCUT2D eigenvalue weighted by Gasteiger charge is -2.16. The molecule has 0 N–H and O–H groups in total. The van der Waals surface area contributed by atoms with Gasteiger partial charge in [0.05, 0.1) is 19.1 Å². The summed E-state index contributed by atoms with van der Waals surface area (Å²) < 4.78 is 11.0. The number of benzene rings is 2. The van der Waals surface area contributed by atoms with Crippen LogP contribution in [0.15, 0.2) is 48.5 Å². The molecule has 0 aromatic heterocycles. The lowest BCUT2D eigenvalue weighted by molar-refractivity contribution is -0.145. The number of ether oxygens (including phenoxy) is 2. The number of carbonyl (C=O) groups is 1. The first-order valence-electron chi connectivity index (χ1n) is 7.78. The molecule has 3 heteroatoms. The van der Waals surface area contributed by atoms with Gasteiger partial charge in [-0.1, -0.05) is 36.4 Å². The van der Waals surface area contributed by atoms with Gasteiger partial charge in [-0.15, -0.1) is 0 Å². The van der Waals surface area contributed by atoms with E-state index in [1.165, 1.54) is 0 Å². The predicted octanol–water partition coefficient (Wildman–Crippen LogP) is 4.17. The highest BCUT2D eigenvalue weighted by Gasteiger charge is 2.27. The standard InChI is InChI=1S/C19H20O3/c1-2-21-19(20)16-9-6-12-22-18-11-10-15(13-17(16)18)14-7-4-3-5-8-14/h3-5,7-8,10-11,13,16H,2,6,9,12H2,1H3. The molecule has 114 valence electrons. The van der Waals surface area contributed by atoms with Crippen LogP contribution in [0.25, 0.3) is 11.1 Å². The van der Waals surface area contributed by atoms with Crippen molar-refractivity contribution in [2.75, 3.05) is 13.2 Å². The average Bonchev–Trinajstić information content (AvgIpc) is 2.77. The number of esters is 1. The summed E-state index contributed by atoms with van der Waals surface area (Å²) in [5, 5.41) is 0. The van der Waals surface area contributed by atoms with Gasteiger partial charge < -0.3 is 9.47 Å². The van der Waals surface area contributed by atoms with E-state index in [4.69, 9.17) is 9.47 Å². The van der Waals surface area contributed by atoms with Gasteiger partial charge in [0.15, 0.2) is 0 Å². The Kier molecular flexibility index (Phi) is 4.42. The normalized spacial score (nSPS) is 17.0. The Balaban J connectivity index is 2.01. The van der Waals surface area contributed by atoms with E-state index in [0.29, 0.717) is 13.2 Å². The Morgan fingerprint density at radius 1 is 1.18 bits per heavy atom. The Labute approximate surface area is 130 Å². The first-order chi connectivity index (χ1) is 10.8. The van der Waals surface area contributed by atoms with Crippen LogP contribution in [0.2, 0.25) is 0 Å². The topological polar surface area (TPSA) is 35.5 Å². The first kappa shape index (κ1) is 14.6. The molecule has 0 amide bonds. The number of rotatable bonds is 3. The molecule has 0 spiro atoms. The van der Waals surface area contributed by atoms with Crippen LogP contribution in [-0.4, -0.2) is 19.2 Å². The number of hydrogen-bond acceptors (Lipinski definition) is 3. The predicted molar refractivity (Wildman–Crippen MR) is 86.0 cm³/mol. The van der Waals surface area contributed by atoms with E-state index in [2.05, 4.69) is 18.2 Å². The summed E-state index contributed by atoms with van der Waals surface area (Å²) >= 11 is 0. The molecule has 1 aliphatic rings. The highest BCUT2D eigenvalue weighted by molar-refractivity contribution is 5.80. The molecule has 0 saturated carbocycles. The summed E-state index contributed by atoms with van der Waals surface area (Å²) in [5.74, 6) is 0.413. The van der Waals surface area contributed by atoms with Gasteiger partial charge in [-0.25, -0.2) is 0 Å². The number of fused-ring (bicyclic) bond motifs is 1. The van der Waals surface area contributed by atoms with Crippen molar-refractivity contribution in [1.82, 2.24) is 0 Å². The zero-order valence-electron chi connectivity index (χ0n) is 12.7. The monoisotopic (exact) mass is 296 g/mol. The largest absolute Gasteiger partial charge is 0.493 e. The summed E-state index contributed by atoms with van der Waals surface area (Å²) in [7, 11) is 0. The molecular weight excluding hydrogens is 276 g/mol. The third-order valence-corrected chi connectivity index (χ3v) is 3.96. The molecule has 2 aromatic carbocycles. The molecule has 0 radical (unpaired) electrons. The molecule has 0 aliphatic carbocycles. The minimum Gasteiger partial charge on any atom is -0.493 e. The van der Waals surface area contributed by atoms with E-state index >= 15 is 0 Å². The molecule has 1 aliphatic heterocycles. The van der Waals surface area contributed by atoms with Gasteiger partial charge in [-0.05, 0) is 43.0 Å². The third-order valence-electron chi connectivity index (χ3n) is 3.96. The van der Waals surface area contributed by atoms with Crippen molar-refractivity contribution in [3.63, 3.8) is 0 Å². The maximum absolute atomic E-state index is 12.3. The van der Waals surface area contributed by atoms with Crippen LogP contribution in [0.1, 0.15) is 31.2 Å². The fourth-order valence-electron chi connectivity index (χ4n) is 2.88. The second kappa shape index (κ2) is 6.65. The summed E-state index contributed by atoms with van der Waals surface area (Å²) in [6, 6.07) is 16.2. The lowest BCUT2D eigenvalue weighted by Crippen LogP contribution is -2.15. The lowest BCUT2D eigenvalue weighted by atomic mass is 9.91. The molecule has 1 heterocycles. The van der Waals surface area contributed by atoms with Crippen LogP contribution in [0.3, 0.4) is 0 Å². The summed E-state index contributed by atoms with van der Waals surface area (Å²) in [6.07, 6.45) is 1.63. The molecule has 0 fully saturated rings. The van der Waals surface area contributed by atoms with Gasteiger partial charge in [-0.2, -0.15) is 0 Å². The fourth-order valence-corrected chi connectivity index (χ4v) is 2.88. The molecule has 1 atom stereocenters. The molecule has 1 unspecified atom stereocenters. The van der Waals surface area contributed by atoms with E-state index in [9.17, 15) is 4.79 Å². The first-order valence-corrected chi connectivity index (χ1v) is 7.78. The van der Waals surface area contributed by atoms with Crippen LogP contribution in [0, 0.1) is 0 Å². The van der Waals surface area contributed by atoms with Crippen LogP contribution in [0.5, 0.6) is 5.75 Å². The summed E-state index contributed by atoms with van der Waals surface area (Å²) in [4.78, 5) is 12.3. The minimum atomic E-state index is -0.235. The molecule has 0 bridgehead atoms. The highest BCUT2D eigenvalue weighted by Crippen LogP contribution is 2.37. The molecule has 3 nitrogen and oxygen atoms in total. The molecule has 0 saturated heterocycles. The van der Waals surface area contributed by atoms with E-state index in [-0.39, 0.29) is 11.9 Å². The minimum absolute atomic E-state index is 0.153. The molecule has 22 heavy (non-hydrogen) atoms. The summed E-state index contributed by atoms with van der Waals surface area (Å²) in [6.45, 7) is 2.89. The SMILES string of the molecule is CCOC(=O)C1CCCOc2ccc(-c3ccccc3)cc21. The van der Waals surface area contributed by atoms with Gasteiger partial charge >= 0.3 is 5.97 Å². The Morgan fingerprint density at radius 2 is 2.00 bits per heavy atom. The van der Waals surface area contributed by atoms with Crippen molar-refractivity contribution in [2.24, 2.45) is 0 Å². The van der Waals surface area contributed by atoms with Crippen LogP contribution >= 0.6 is 0 Å². The quantitative estimate of drug-likeness (QED) is 0.797. The van der Waals surface area contributed by atoms with Gasteiger partial charge in [0.1, 0.15) is 5.75 Å². The Bertz CT molecular complexity index is 649. The Morgan fingerprint density at radius 3 is 2.77 bits per heavy atom. The maximum Gasteiger partial charge on any atom is 0.313 e. The average molecular weight is 296 g/mol. The van der Waals surface area contributed by atoms with Gasteiger partial charge in [0, 0.05) is 5.56 Å². The second-order valence-corrected chi connectivity index (χ2v) is 5.41. The van der Waals surface area contributed by atoms with Gasteiger partial charge in [-0.3, -0.25) is 4.79 Å². The molecule has 3 rings (SSSR count). The van der Waals surface area contributed by atoms with E-state index in [0.717, 1.165) is 35.3 Å². The summed E-state index contributed by atoms with van der Waals surface area (Å²) in [5.41, 5.74) is 3.17. The van der Waals surface area contributed by atoms with Crippen LogP contribution < -0.4 is 4.74 Å². The fraction of sp³-hybridized carbons (Fsp3) is 0.316. The van der Waals surface area contributed by atoms with Crippen molar-refractivity contribution in [3.05, 3.63) is 54.1 Å². The van der Waals surface area contributed by atoms with E-state index in [1.807, 2.05) is 37.3 Å². The van der Waals surface area contributed by atoms with Gasteiger partial charge in [0.25, 0.3) is 0 Å². The van der Waals surface area contributed by atoms with Gasteiger partial charge in [0.2, 0.25) is 0 Å². The zero-order chi connectivity index (χ0) is 15.4. The molecular formula is C19H20O3. The smallest absolute Gasteiger partial charge is 0.313 e. The van der Waals surface area contributed by atoms with Crippen molar-refractivity contribution >= 4 is 5.97 Å². The highest BCUT2D eigenvalue weighted by atomic mass is 16.5. The number of hydrogen-bond donors (Lipinski definition) is 0. The van der Waals surface area contributed by atoms with E-state index < -0.39 is 0 Å². The van der Waals surface area contributed by atoms with Crippen molar-refractivity contribution in [1.29, 1.82) is 0 Å². The maximum atomic E-state index is 12.3. The second-order valence-electron chi connectivity index (χ2n) is 5.41. The van der Waals surface area contributed by atoms with E-state index in [1.54, 1.807) is 0 Å². The molecule has 2 aromatic rings. The zero-order valence-corrected chi connectivity index (χ0v) is 12.7. The third kappa shape index (κ3) is 2.98. The van der Waals surface area contributed by atoms with Crippen molar-refractivity contribution in [2.45, 2.75) is 25.7 Å². The number of carbonyl (C=O) groups excluding carboxylic acids is 1. The van der Waals surface area contributed by atoms with Crippen molar-refractivity contribution in [3.8, 4) is 16.9 Å². The van der Waals surface area contributed by atoms with Crippen LogP contribution in [0.4, 0.5) is 0 Å². The van der Waals surface area contributed by atoms with Crippen LogP contribution in [-0.2, 0) is 9.53 Å². The Hall–Kier alpha value is -2.29. The van der Waals surface area contributed by atoms with Crippen molar-refractivity contribution < 1.29 is 14.3 Å².